The van der Waals surface area contributed by atoms with Crippen molar-refractivity contribution in [3.63, 3.8) is 0 Å². The van der Waals surface area contributed by atoms with Crippen LogP contribution in [0, 0.1) is 0 Å². The van der Waals surface area contributed by atoms with Gasteiger partial charge in [0, 0.05) is 16.3 Å². The normalized spacial score (nSPS) is 11.9. The van der Waals surface area contributed by atoms with E-state index in [-0.39, 0.29) is 10.8 Å². The van der Waals surface area contributed by atoms with Gasteiger partial charge in [-0.05, 0) is 80.6 Å². The molecule has 0 aliphatic heterocycles. The van der Waals surface area contributed by atoms with Gasteiger partial charge in [-0.25, -0.2) is 8.42 Å². The third-order valence-corrected chi connectivity index (χ3v) is 7.38. The lowest BCUT2D eigenvalue weighted by molar-refractivity contribution is -0.115. The van der Waals surface area contributed by atoms with Crippen LogP contribution in [-0.4, -0.2) is 40.4 Å². The van der Waals surface area contributed by atoms with Gasteiger partial charge in [-0.2, -0.15) is 0 Å². The Bertz CT molecular complexity index is 1250. The number of hydrogen-bond acceptors (Lipinski definition) is 7. The third-order valence-electron chi connectivity index (χ3n) is 4.89. The monoisotopic (exact) mass is 516 g/mol. The van der Waals surface area contributed by atoms with Gasteiger partial charge in [-0.3, -0.25) is 9.52 Å². The van der Waals surface area contributed by atoms with E-state index in [9.17, 15) is 13.2 Å². The van der Waals surface area contributed by atoms with Gasteiger partial charge >= 0.3 is 0 Å². The van der Waals surface area contributed by atoms with Crippen molar-refractivity contribution < 1.29 is 27.4 Å². The lowest BCUT2D eigenvalue weighted by atomic mass is 10.3. The molecule has 8 nitrogen and oxygen atoms in total. The van der Waals surface area contributed by atoms with Crippen LogP contribution in [0.15, 0.2) is 76.5 Å². The topological polar surface area (TPSA) is 103 Å². The number of hydrogen-bond donors (Lipinski definition) is 2. The Morgan fingerprint density at radius 2 is 1.54 bits per heavy atom. The van der Waals surface area contributed by atoms with Crippen molar-refractivity contribution in [2.45, 2.75) is 28.9 Å². The fraction of sp³-hybridized carbons (Fsp3) is 0.240. The Hall–Kier alpha value is -3.37. The molecule has 3 rings (SSSR count). The van der Waals surface area contributed by atoms with Crippen LogP contribution in [0.5, 0.6) is 17.2 Å². The van der Waals surface area contributed by atoms with Crippen molar-refractivity contribution in [1.29, 1.82) is 0 Å². The van der Waals surface area contributed by atoms with E-state index < -0.39 is 15.3 Å². The van der Waals surface area contributed by atoms with E-state index in [1.165, 1.54) is 23.9 Å². The lowest BCUT2D eigenvalue weighted by Crippen LogP contribution is -2.22. The summed E-state index contributed by atoms with van der Waals surface area (Å²) in [6, 6.07) is 18.1. The minimum Gasteiger partial charge on any atom is -0.494 e. The number of amides is 1. The number of methoxy groups -OCH3 is 2. The molecular formula is C25H28N2O6S2. The molecule has 0 heterocycles. The number of nitrogens with one attached hydrogen (secondary N) is 2. The Morgan fingerprint density at radius 1 is 0.914 bits per heavy atom. The van der Waals surface area contributed by atoms with Crippen LogP contribution in [0.4, 0.5) is 11.4 Å². The summed E-state index contributed by atoms with van der Waals surface area (Å²) in [4.78, 5) is 13.6. The molecular weight excluding hydrogens is 488 g/mol. The van der Waals surface area contributed by atoms with E-state index >= 15 is 0 Å². The van der Waals surface area contributed by atoms with Gasteiger partial charge in [0.1, 0.15) is 5.75 Å². The van der Waals surface area contributed by atoms with Gasteiger partial charge in [-0.1, -0.05) is 0 Å². The zero-order valence-corrected chi connectivity index (χ0v) is 21.5. The lowest BCUT2D eigenvalue weighted by Gasteiger charge is -2.14. The predicted octanol–water partition coefficient (Wildman–Crippen LogP) is 5.02. The first kappa shape index (κ1) is 26.2. The molecule has 0 aliphatic rings. The summed E-state index contributed by atoms with van der Waals surface area (Å²) in [6.07, 6.45) is 0. The summed E-state index contributed by atoms with van der Waals surface area (Å²) in [5, 5.41) is 2.41. The number of benzene rings is 3. The Morgan fingerprint density at radius 3 is 2.14 bits per heavy atom. The number of sulfonamides is 1. The summed E-state index contributed by atoms with van der Waals surface area (Å²) < 4.78 is 43.9. The van der Waals surface area contributed by atoms with Crippen LogP contribution >= 0.6 is 11.8 Å². The highest BCUT2D eigenvalue weighted by atomic mass is 32.2. The van der Waals surface area contributed by atoms with E-state index in [2.05, 4.69) is 10.0 Å². The average molecular weight is 517 g/mol. The fourth-order valence-electron chi connectivity index (χ4n) is 3.11. The molecule has 3 aromatic rings. The van der Waals surface area contributed by atoms with Crippen LogP contribution in [-0.2, 0) is 14.8 Å². The highest BCUT2D eigenvalue weighted by Crippen LogP contribution is 2.33. The summed E-state index contributed by atoms with van der Waals surface area (Å²) in [6.45, 7) is 4.19. The molecule has 0 bridgehead atoms. The molecule has 186 valence electrons. The molecule has 0 fully saturated rings. The summed E-state index contributed by atoms with van der Waals surface area (Å²) in [5.41, 5.74) is 0.918. The number of rotatable bonds is 11. The van der Waals surface area contributed by atoms with Crippen LogP contribution in [0.3, 0.4) is 0 Å². The molecule has 3 aromatic carbocycles. The maximum Gasteiger partial charge on any atom is 0.261 e. The first-order valence-electron chi connectivity index (χ1n) is 10.8. The second kappa shape index (κ2) is 11.9. The van der Waals surface area contributed by atoms with Crippen molar-refractivity contribution in [2.75, 3.05) is 30.9 Å². The molecule has 35 heavy (non-hydrogen) atoms. The average Bonchev–Trinajstić information content (AvgIpc) is 2.85. The number of anilines is 2. The minimum absolute atomic E-state index is 0.0807. The summed E-state index contributed by atoms with van der Waals surface area (Å²) in [7, 11) is -0.664. The van der Waals surface area contributed by atoms with Crippen molar-refractivity contribution in [3.05, 3.63) is 66.7 Å². The summed E-state index contributed by atoms with van der Waals surface area (Å²) >= 11 is 1.37. The predicted molar refractivity (Wildman–Crippen MR) is 138 cm³/mol. The van der Waals surface area contributed by atoms with E-state index in [4.69, 9.17) is 14.2 Å². The molecule has 0 spiro atoms. The van der Waals surface area contributed by atoms with E-state index in [1.807, 2.05) is 19.1 Å². The zero-order chi connectivity index (χ0) is 25.4. The number of carbonyl (C=O) groups excluding carboxylic acids is 1. The standard InChI is InChI=1S/C25H28N2O6S2/c1-5-33-20-10-6-19(7-11-20)27-35(29,30)22-13-8-18(9-14-22)26-25(28)17(2)34-21-12-15-23(31-3)24(16-21)32-4/h6-17,27H,5H2,1-4H3,(H,26,28)/t17-/m0/s1. The van der Waals surface area contributed by atoms with Crippen molar-refractivity contribution in [3.8, 4) is 17.2 Å². The SMILES string of the molecule is CCOc1ccc(NS(=O)(=O)c2ccc(NC(=O)[C@H](C)Sc3ccc(OC)c(OC)c3)cc2)cc1. The molecule has 0 radical (unpaired) electrons. The van der Waals surface area contributed by atoms with Gasteiger partial charge in [-0.15, -0.1) is 11.8 Å². The second-order valence-corrected chi connectivity index (χ2v) is 10.5. The Balaban J connectivity index is 1.61. The summed E-state index contributed by atoms with van der Waals surface area (Å²) in [5.74, 6) is 1.64. The zero-order valence-electron chi connectivity index (χ0n) is 19.9. The minimum atomic E-state index is -3.78. The fourth-order valence-corrected chi connectivity index (χ4v) is 5.06. The number of ether oxygens (including phenoxy) is 3. The van der Waals surface area contributed by atoms with Crippen LogP contribution in [0.1, 0.15) is 13.8 Å². The molecule has 0 saturated heterocycles. The van der Waals surface area contributed by atoms with E-state index in [1.54, 1.807) is 63.6 Å². The highest BCUT2D eigenvalue weighted by Gasteiger charge is 2.18. The van der Waals surface area contributed by atoms with Gasteiger partial charge in [0.15, 0.2) is 11.5 Å². The smallest absolute Gasteiger partial charge is 0.261 e. The molecule has 0 aromatic heterocycles. The van der Waals surface area contributed by atoms with E-state index in [0.29, 0.717) is 35.2 Å². The molecule has 2 N–H and O–H groups in total. The quantitative estimate of drug-likeness (QED) is 0.345. The molecule has 0 unspecified atom stereocenters. The third kappa shape index (κ3) is 7.06. The molecule has 1 amide bonds. The molecule has 0 aliphatic carbocycles. The van der Waals surface area contributed by atoms with Crippen LogP contribution in [0.2, 0.25) is 0 Å². The first-order chi connectivity index (χ1) is 16.7. The molecule has 0 saturated carbocycles. The van der Waals surface area contributed by atoms with Crippen LogP contribution in [0.25, 0.3) is 0 Å². The van der Waals surface area contributed by atoms with Gasteiger partial charge in [0.25, 0.3) is 10.0 Å². The van der Waals surface area contributed by atoms with Gasteiger partial charge in [0.2, 0.25) is 5.91 Å². The van der Waals surface area contributed by atoms with E-state index in [0.717, 1.165) is 4.90 Å². The second-order valence-electron chi connectivity index (χ2n) is 7.35. The van der Waals surface area contributed by atoms with Crippen molar-refractivity contribution in [1.82, 2.24) is 0 Å². The van der Waals surface area contributed by atoms with Crippen LogP contribution < -0.4 is 24.2 Å². The molecule has 10 heteroatoms. The highest BCUT2D eigenvalue weighted by molar-refractivity contribution is 8.00. The number of carbonyl (C=O) groups is 1. The van der Waals surface area contributed by atoms with Crippen molar-refractivity contribution >= 4 is 39.1 Å². The van der Waals surface area contributed by atoms with Gasteiger partial charge < -0.3 is 19.5 Å². The maximum absolute atomic E-state index is 12.7. The number of thioether (sulfide) groups is 1. The Labute approximate surface area is 210 Å². The largest absolute Gasteiger partial charge is 0.494 e. The maximum atomic E-state index is 12.7. The Kier molecular flexibility index (Phi) is 8.89. The molecule has 1 atom stereocenters. The first-order valence-corrected chi connectivity index (χ1v) is 13.2. The van der Waals surface area contributed by atoms with Crippen molar-refractivity contribution in [2.24, 2.45) is 0 Å². The van der Waals surface area contributed by atoms with Gasteiger partial charge in [0.05, 0.1) is 31.0 Å².